The molecule has 2 aromatic rings. The Morgan fingerprint density at radius 2 is 1.97 bits per heavy atom. The fourth-order valence-electron chi connectivity index (χ4n) is 4.30. The van der Waals surface area contributed by atoms with Crippen LogP contribution in [0, 0.1) is 6.92 Å². The van der Waals surface area contributed by atoms with Crippen molar-refractivity contribution in [1.82, 2.24) is 4.90 Å². The zero-order valence-corrected chi connectivity index (χ0v) is 17.8. The highest BCUT2D eigenvalue weighted by Crippen LogP contribution is 2.46. The summed E-state index contributed by atoms with van der Waals surface area (Å²) in [6.07, 6.45) is 3.83. The number of carbonyl (C=O) groups excluding carboxylic acids is 2. The van der Waals surface area contributed by atoms with E-state index in [2.05, 4.69) is 0 Å². The molecule has 1 saturated heterocycles. The highest BCUT2D eigenvalue weighted by molar-refractivity contribution is 7.10. The molecule has 1 N–H and O–H groups in total. The smallest absolute Gasteiger partial charge is 0.295 e. The van der Waals surface area contributed by atoms with Crippen LogP contribution in [0.15, 0.2) is 35.2 Å². The first-order valence-electron chi connectivity index (χ1n) is 9.62. The van der Waals surface area contributed by atoms with Crippen LogP contribution in [0.4, 0.5) is 0 Å². The second-order valence-electron chi connectivity index (χ2n) is 7.46. The molecule has 0 spiro atoms. The van der Waals surface area contributed by atoms with Crippen LogP contribution in [-0.2, 0) is 9.59 Å². The minimum Gasteiger partial charge on any atom is -0.507 e. The van der Waals surface area contributed by atoms with Gasteiger partial charge in [-0.1, -0.05) is 24.4 Å². The molecular weight excluding hydrogens is 410 g/mol. The maximum atomic E-state index is 13.1. The van der Waals surface area contributed by atoms with Crippen molar-refractivity contribution in [1.29, 1.82) is 0 Å². The lowest BCUT2D eigenvalue weighted by Gasteiger charge is -2.30. The minimum atomic E-state index is -0.640. The summed E-state index contributed by atoms with van der Waals surface area (Å²) in [5.74, 6) is -0.901. The summed E-state index contributed by atoms with van der Waals surface area (Å²) in [6.45, 7) is 1.96. The van der Waals surface area contributed by atoms with Gasteiger partial charge in [0.2, 0.25) is 0 Å². The number of halogens is 1. The first kappa shape index (κ1) is 20.0. The normalized spacial score (nSPS) is 21.9. The zero-order valence-electron chi connectivity index (χ0n) is 16.3. The number of ether oxygens (including phenoxy) is 1. The number of aliphatic hydroxyl groups excluding tert-OH is 1. The van der Waals surface area contributed by atoms with Crippen LogP contribution in [0.2, 0.25) is 5.02 Å². The molecular formula is C22H22ClNO4S. The van der Waals surface area contributed by atoms with Crippen LogP contribution in [0.25, 0.3) is 5.76 Å². The fourth-order valence-corrected chi connectivity index (χ4v) is 5.59. The first-order valence-corrected chi connectivity index (χ1v) is 10.9. The second kappa shape index (κ2) is 7.84. The predicted molar refractivity (Wildman–Crippen MR) is 113 cm³/mol. The van der Waals surface area contributed by atoms with Crippen LogP contribution in [0.5, 0.6) is 5.75 Å². The van der Waals surface area contributed by atoms with Gasteiger partial charge in [0.05, 0.1) is 17.7 Å². The van der Waals surface area contributed by atoms with Crippen LogP contribution >= 0.6 is 22.9 Å². The summed E-state index contributed by atoms with van der Waals surface area (Å²) in [4.78, 5) is 28.7. The Balaban J connectivity index is 1.88. The number of rotatable bonds is 4. The number of likely N-dealkylation sites (tertiary alicyclic amines) is 1. The summed E-state index contributed by atoms with van der Waals surface area (Å²) >= 11 is 7.72. The highest BCUT2D eigenvalue weighted by atomic mass is 35.5. The number of hydrogen-bond acceptors (Lipinski definition) is 5. The number of ketones is 1. The van der Waals surface area contributed by atoms with Gasteiger partial charge < -0.3 is 14.7 Å². The molecule has 1 aromatic carbocycles. The van der Waals surface area contributed by atoms with E-state index in [1.807, 2.05) is 18.4 Å². The van der Waals surface area contributed by atoms with Crippen LogP contribution in [-0.4, -0.2) is 34.8 Å². The number of carbonyl (C=O) groups is 2. The lowest BCUT2D eigenvalue weighted by Crippen LogP contribution is -2.37. The minimum absolute atomic E-state index is 0.0164. The molecule has 1 saturated carbocycles. The molecule has 0 radical (unpaired) electrons. The van der Waals surface area contributed by atoms with Gasteiger partial charge in [-0.3, -0.25) is 9.59 Å². The standard InChI is InChI=1S/C22H22ClNO4S/c1-12-9-10-29-21(12)18-17(19(25)13-7-8-16(28-2)15(23)11-13)20(26)22(27)24(18)14-5-3-4-6-14/h7-11,14,18,25H,3-6H2,1-2H3/b19-17-. The van der Waals surface area contributed by atoms with E-state index in [1.165, 1.54) is 18.4 Å². The van der Waals surface area contributed by atoms with E-state index in [9.17, 15) is 14.7 Å². The predicted octanol–water partition coefficient (Wildman–Crippen LogP) is 5.08. The number of hydrogen-bond donors (Lipinski definition) is 1. The molecule has 7 heteroatoms. The molecule has 2 heterocycles. The van der Waals surface area contributed by atoms with Crippen molar-refractivity contribution in [3.05, 3.63) is 56.2 Å². The molecule has 2 aliphatic rings. The number of amides is 1. The van der Waals surface area contributed by atoms with E-state index < -0.39 is 17.7 Å². The number of nitrogens with zero attached hydrogens (tertiary/aromatic N) is 1. The number of Topliss-reactive ketones (excluding diaryl/α,β-unsaturated/α-hetero) is 1. The Kier molecular flexibility index (Phi) is 5.40. The zero-order chi connectivity index (χ0) is 20.7. The van der Waals surface area contributed by atoms with Crippen molar-refractivity contribution in [3.8, 4) is 5.75 Å². The molecule has 4 rings (SSSR count). The van der Waals surface area contributed by atoms with E-state index in [1.54, 1.807) is 23.1 Å². The summed E-state index contributed by atoms with van der Waals surface area (Å²) in [5.41, 5.74) is 1.52. The third-order valence-corrected chi connectivity index (χ3v) is 7.14. The lowest BCUT2D eigenvalue weighted by atomic mass is 9.97. The van der Waals surface area contributed by atoms with Gasteiger partial charge in [-0.05, 0) is 55.0 Å². The van der Waals surface area contributed by atoms with E-state index in [-0.39, 0.29) is 17.4 Å². The Morgan fingerprint density at radius 3 is 2.55 bits per heavy atom. The maximum Gasteiger partial charge on any atom is 0.295 e. The molecule has 2 fully saturated rings. The number of aliphatic hydroxyl groups is 1. The Morgan fingerprint density at radius 1 is 1.24 bits per heavy atom. The van der Waals surface area contributed by atoms with Crippen molar-refractivity contribution >= 4 is 40.4 Å². The van der Waals surface area contributed by atoms with E-state index in [0.29, 0.717) is 16.3 Å². The second-order valence-corrected chi connectivity index (χ2v) is 8.82. The molecule has 29 heavy (non-hydrogen) atoms. The van der Waals surface area contributed by atoms with Gasteiger partial charge in [0.25, 0.3) is 11.7 Å². The van der Waals surface area contributed by atoms with E-state index in [4.69, 9.17) is 16.3 Å². The average molecular weight is 432 g/mol. The van der Waals surface area contributed by atoms with Gasteiger partial charge >= 0.3 is 0 Å². The third-order valence-electron chi connectivity index (χ3n) is 5.77. The van der Waals surface area contributed by atoms with Crippen LogP contribution in [0.3, 0.4) is 0 Å². The quantitative estimate of drug-likeness (QED) is 0.416. The van der Waals surface area contributed by atoms with E-state index >= 15 is 0 Å². The molecule has 1 aliphatic heterocycles. The van der Waals surface area contributed by atoms with Crippen LogP contribution < -0.4 is 4.74 Å². The van der Waals surface area contributed by atoms with Crippen molar-refractivity contribution in [2.24, 2.45) is 0 Å². The summed E-state index contributed by atoms with van der Waals surface area (Å²) in [5, 5.41) is 13.4. The SMILES string of the molecule is COc1ccc(/C(O)=C2/C(=O)C(=O)N(C3CCCC3)C2c2sccc2C)cc1Cl. The molecule has 1 unspecified atom stereocenters. The molecule has 5 nitrogen and oxygen atoms in total. The Hall–Kier alpha value is -2.31. The third kappa shape index (κ3) is 3.34. The summed E-state index contributed by atoms with van der Waals surface area (Å²) < 4.78 is 5.17. The fraction of sp³-hybridized carbons (Fsp3) is 0.364. The number of thiophene rings is 1. The van der Waals surface area contributed by atoms with Crippen molar-refractivity contribution < 1.29 is 19.4 Å². The largest absolute Gasteiger partial charge is 0.507 e. The van der Waals surface area contributed by atoms with Crippen molar-refractivity contribution in [3.63, 3.8) is 0 Å². The topological polar surface area (TPSA) is 66.8 Å². The molecule has 0 bridgehead atoms. The summed E-state index contributed by atoms with van der Waals surface area (Å²) in [7, 11) is 1.51. The Labute approximate surface area is 178 Å². The van der Waals surface area contributed by atoms with Gasteiger partial charge in [0.1, 0.15) is 17.6 Å². The van der Waals surface area contributed by atoms with Gasteiger partial charge in [-0.25, -0.2) is 0 Å². The molecule has 1 aromatic heterocycles. The van der Waals surface area contributed by atoms with Crippen molar-refractivity contribution in [2.75, 3.05) is 7.11 Å². The van der Waals surface area contributed by atoms with Gasteiger partial charge in [-0.2, -0.15) is 0 Å². The molecule has 152 valence electrons. The van der Waals surface area contributed by atoms with Gasteiger partial charge in [-0.15, -0.1) is 11.3 Å². The van der Waals surface area contributed by atoms with Crippen molar-refractivity contribution in [2.45, 2.75) is 44.7 Å². The number of benzene rings is 1. The average Bonchev–Trinajstić information content (AvgIpc) is 3.42. The number of methoxy groups -OCH3 is 1. The maximum absolute atomic E-state index is 13.1. The molecule has 1 aliphatic carbocycles. The molecule has 1 atom stereocenters. The summed E-state index contributed by atoms with van der Waals surface area (Å²) in [6, 6.07) is 6.24. The van der Waals surface area contributed by atoms with Gasteiger partial charge in [0.15, 0.2) is 0 Å². The lowest BCUT2D eigenvalue weighted by molar-refractivity contribution is -0.141. The van der Waals surface area contributed by atoms with Crippen LogP contribution in [0.1, 0.15) is 47.7 Å². The Bertz CT molecular complexity index is 1010. The van der Waals surface area contributed by atoms with Gasteiger partial charge in [0, 0.05) is 16.5 Å². The highest BCUT2D eigenvalue weighted by Gasteiger charge is 2.50. The number of aryl methyl sites for hydroxylation is 1. The monoisotopic (exact) mass is 431 g/mol. The molecule has 1 amide bonds. The first-order chi connectivity index (χ1) is 13.9. The van der Waals surface area contributed by atoms with E-state index in [0.717, 1.165) is 36.1 Å².